The van der Waals surface area contributed by atoms with E-state index in [2.05, 4.69) is 5.32 Å². The molecule has 8 heteroatoms. The molecule has 102 valence electrons. The van der Waals surface area contributed by atoms with Crippen LogP contribution < -0.4 is 11.1 Å². The molecule has 0 saturated carbocycles. The highest BCUT2D eigenvalue weighted by Crippen LogP contribution is 2.16. The van der Waals surface area contributed by atoms with Gasteiger partial charge in [-0.15, -0.1) is 11.8 Å². The Labute approximate surface area is 112 Å². The first-order valence-corrected chi connectivity index (χ1v) is 6.24. The van der Waals surface area contributed by atoms with Gasteiger partial charge in [-0.05, 0) is 18.2 Å². The maximum absolute atomic E-state index is 13.4. The first kappa shape index (κ1) is 15.0. The van der Waals surface area contributed by atoms with E-state index in [0.717, 1.165) is 23.9 Å². The number of anilines is 1. The zero-order chi connectivity index (χ0) is 14.4. The summed E-state index contributed by atoms with van der Waals surface area (Å²) in [5.41, 5.74) is 4.93. The number of carbonyl (C=O) groups is 3. The highest BCUT2D eigenvalue weighted by molar-refractivity contribution is 8.00. The molecule has 0 aliphatic heterocycles. The van der Waals surface area contributed by atoms with Crippen LogP contribution in [0.4, 0.5) is 10.1 Å². The second-order valence-electron chi connectivity index (χ2n) is 3.49. The lowest BCUT2D eigenvalue weighted by Gasteiger charge is -2.07. The average molecular weight is 286 g/mol. The Balaban J connectivity index is 2.65. The summed E-state index contributed by atoms with van der Waals surface area (Å²) in [6, 6.07) is 3.34. The van der Waals surface area contributed by atoms with Crippen LogP contribution in [-0.4, -0.2) is 34.4 Å². The van der Waals surface area contributed by atoms with E-state index in [1.165, 1.54) is 6.07 Å². The van der Waals surface area contributed by atoms with Crippen molar-refractivity contribution in [3.8, 4) is 0 Å². The molecule has 0 aromatic heterocycles. The number of hydrogen-bond acceptors (Lipinski definition) is 4. The van der Waals surface area contributed by atoms with Gasteiger partial charge in [-0.3, -0.25) is 14.4 Å². The number of rotatable bonds is 6. The molecule has 0 saturated heterocycles. The van der Waals surface area contributed by atoms with Crippen LogP contribution in [0.25, 0.3) is 0 Å². The van der Waals surface area contributed by atoms with E-state index in [-0.39, 0.29) is 22.8 Å². The van der Waals surface area contributed by atoms with Crippen molar-refractivity contribution in [3.63, 3.8) is 0 Å². The lowest BCUT2D eigenvalue weighted by Crippen LogP contribution is -2.17. The number of nitrogens with one attached hydrogen (secondary N) is 1. The van der Waals surface area contributed by atoms with Gasteiger partial charge in [0.05, 0.1) is 17.2 Å². The second kappa shape index (κ2) is 6.74. The summed E-state index contributed by atoms with van der Waals surface area (Å²) >= 11 is 0.879. The summed E-state index contributed by atoms with van der Waals surface area (Å²) in [5.74, 6) is -3.41. The Kier molecular flexibility index (Phi) is 5.31. The number of carbonyl (C=O) groups excluding carboxylic acids is 2. The van der Waals surface area contributed by atoms with Crippen LogP contribution in [0, 0.1) is 5.82 Å². The molecule has 4 N–H and O–H groups in total. The molecular formula is C11H11FN2O4S. The number of nitrogens with two attached hydrogens (primary N) is 1. The Hall–Kier alpha value is -2.09. The van der Waals surface area contributed by atoms with Gasteiger partial charge in [0.2, 0.25) is 11.8 Å². The van der Waals surface area contributed by atoms with E-state index >= 15 is 0 Å². The number of halogens is 1. The molecule has 1 rings (SSSR count). The van der Waals surface area contributed by atoms with Gasteiger partial charge in [-0.2, -0.15) is 0 Å². The Morgan fingerprint density at radius 2 is 2.00 bits per heavy atom. The number of aliphatic carboxylic acids is 1. The van der Waals surface area contributed by atoms with Crippen LogP contribution in [0.1, 0.15) is 10.4 Å². The summed E-state index contributed by atoms with van der Waals surface area (Å²) in [5, 5.41) is 10.6. The fourth-order valence-electron chi connectivity index (χ4n) is 1.19. The van der Waals surface area contributed by atoms with E-state index < -0.39 is 23.6 Å². The fraction of sp³-hybridized carbons (Fsp3) is 0.182. The number of primary amides is 1. The number of amides is 2. The standard InChI is InChI=1S/C11H11FN2O4S/c12-7-2-1-6(11(13)18)3-8(7)14-9(15)4-19-5-10(16)17/h1-3H,4-5H2,(H2,13,18)(H,14,15)(H,16,17). The van der Waals surface area contributed by atoms with Crippen LogP contribution >= 0.6 is 11.8 Å². The minimum atomic E-state index is -1.04. The van der Waals surface area contributed by atoms with Gasteiger partial charge < -0.3 is 16.2 Å². The molecule has 0 unspecified atom stereocenters. The van der Waals surface area contributed by atoms with Gasteiger partial charge in [0.25, 0.3) is 0 Å². The number of thioether (sulfide) groups is 1. The minimum absolute atomic E-state index is 0.0647. The first-order chi connectivity index (χ1) is 8.90. The number of benzene rings is 1. The van der Waals surface area contributed by atoms with Gasteiger partial charge in [-0.1, -0.05) is 0 Å². The van der Waals surface area contributed by atoms with Crippen LogP contribution in [0.15, 0.2) is 18.2 Å². The predicted molar refractivity (Wildman–Crippen MR) is 68.5 cm³/mol. The molecule has 0 atom stereocenters. The summed E-state index contributed by atoms with van der Waals surface area (Å²) in [6.45, 7) is 0. The molecule has 0 fully saturated rings. The molecule has 2 amide bonds. The van der Waals surface area contributed by atoms with Crippen molar-refractivity contribution in [1.82, 2.24) is 0 Å². The maximum Gasteiger partial charge on any atom is 0.313 e. The van der Waals surface area contributed by atoms with Crippen molar-refractivity contribution in [2.75, 3.05) is 16.8 Å². The van der Waals surface area contributed by atoms with Crippen molar-refractivity contribution < 1.29 is 23.9 Å². The van der Waals surface area contributed by atoms with Crippen LogP contribution in [-0.2, 0) is 9.59 Å². The minimum Gasteiger partial charge on any atom is -0.481 e. The lowest BCUT2D eigenvalue weighted by molar-refractivity contribution is -0.133. The Morgan fingerprint density at radius 1 is 1.32 bits per heavy atom. The third-order valence-corrected chi connectivity index (χ3v) is 2.90. The summed E-state index contributed by atoms with van der Waals surface area (Å²) in [7, 11) is 0. The highest BCUT2D eigenvalue weighted by atomic mass is 32.2. The third-order valence-electron chi connectivity index (χ3n) is 1.98. The van der Waals surface area contributed by atoms with Gasteiger partial charge in [0.1, 0.15) is 5.82 Å². The average Bonchev–Trinajstić information content (AvgIpc) is 2.31. The molecule has 0 heterocycles. The molecular weight excluding hydrogens is 275 g/mol. The van der Waals surface area contributed by atoms with E-state index in [1.807, 2.05) is 0 Å². The number of carboxylic acids is 1. The second-order valence-corrected chi connectivity index (χ2v) is 4.48. The van der Waals surface area contributed by atoms with Gasteiger partial charge in [-0.25, -0.2) is 4.39 Å². The predicted octanol–water partition coefficient (Wildman–Crippen LogP) is 0.681. The largest absolute Gasteiger partial charge is 0.481 e. The van der Waals surface area contributed by atoms with Crippen LogP contribution in [0.2, 0.25) is 0 Å². The summed E-state index contributed by atoms with van der Waals surface area (Å²) < 4.78 is 13.4. The van der Waals surface area contributed by atoms with Crippen molar-refractivity contribution in [2.45, 2.75) is 0 Å². The van der Waals surface area contributed by atoms with Gasteiger partial charge in [0, 0.05) is 5.56 Å². The van der Waals surface area contributed by atoms with Gasteiger partial charge in [0.15, 0.2) is 0 Å². The molecule has 1 aromatic rings. The molecule has 0 spiro atoms. The quantitative estimate of drug-likeness (QED) is 0.712. The molecule has 19 heavy (non-hydrogen) atoms. The zero-order valence-corrected chi connectivity index (χ0v) is 10.5. The number of carboxylic acid groups (broad SMARTS) is 1. The lowest BCUT2D eigenvalue weighted by atomic mass is 10.2. The molecule has 0 bridgehead atoms. The zero-order valence-electron chi connectivity index (χ0n) is 9.68. The topological polar surface area (TPSA) is 109 Å². The maximum atomic E-state index is 13.4. The van der Waals surface area contributed by atoms with Crippen molar-refractivity contribution >= 4 is 35.2 Å². The third kappa shape index (κ3) is 4.96. The summed E-state index contributed by atoms with van der Waals surface area (Å²) in [6.07, 6.45) is 0. The van der Waals surface area contributed by atoms with Crippen LogP contribution in [0.5, 0.6) is 0 Å². The monoisotopic (exact) mass is 286 g/mol. The Morgan fingerprint density at radius 3 is 2.58 bits per heavy atom. The van der Waals surface area contributed by atoms with Gasteiger partial charge >= 0.3 is 5.97 Å². The molecule has 0 aliphatic carbocycles. The Bertz CT molecular complexity index is 521. The molecule has 0 aliphatic rings. The SMILES string of the molecule is NC(=O)c1ccc(F)c(NC(=O)CSCC(=O)O)c1. The van der Waals surface area contributed by atoms with E-state index in [9.17, 15) is 18.8 Å². The first-order valence-electron chi connectivity index (χ1n) is 5.09. The smallest absolute Gasteiger partial charge is 0.313 e. The van der Waals surface area contributed by atoms with E-state index in [1.54, 1.807) is 0 Å². The fourth-order valence-corrected chi connectivity index (χ4v) is 1.73. The molecule has 6 nitrogen and oxygen atoms in total. The van der Waals surface area contributed by atoms with Crippen molar-refractivity contribution in [1.29, 1.82) is 0 Å². The van der Waals surface area contributed by atoms with E-state index in [0.29, 0.717) is 0 Å². The normalized spacial score (nSPS) is 9.95. The summed E-state index contributed by atoms with van der Waals surface area (Å²) in [4.78, 5) is 32.6. The van der Waals surface area contributed by atoms with Crippen molar-refractivity contribution in [2.24, 2.45) is 5.73 Å². The highest BCUT2D eigenvalue weighted by Gasteiger charge is 2.10. The van der Waals surface area contributed by atoms with Crippen LogP contribution in [0.3, 0.4) is 0 Å². The number of hydrogen-bond donors (Lipinski definition) is 3. The molecule has 0 radical (unpaired) electrons. The van der Waals surface area contributed by atoms with Crippen molar-refractivity contribution in [3.05, 3.63) is 29.6 Å². The molecule has 1 aromatic carbocycles. The van der Waals surface area contributed by atoms with E-state index in [4.69, 9.17) is 10.8 Å².